The molecule has 0 radical (unpaired) electrons. The largest absolute Gasteiger partial charge is 0.274 e. The minimum Gasteiger partial charge on any atom is -0.274 e. The highest BCUT2D eigenvalue weighted by atomic mass is 35.5. The lowest BCUT2D eigenvalue weighted by atomic mass is 10.1. The number of anilines is 1. The summed E-state index contributed by atoms with van der Waals surface area (Å²) in [5.41, 5.74) is 4.92. The van der Waals surface area contributed by atoms with Crippen molar-refractivity contribution in [3.05, 3.63) is 76.3 Å². The third-order valence-corrected chi connectivity index (χ3v) is 4.99. The van der Waals surface area contributed by atoms with E-state index in [1.54, 1.807) is 31.2 Å². The molecule has 1 heterocycles. The Bertz CT molecular complexity index is 1080. The van der Waals surface area contributed by atoms with Gasteiger partial charge >= 0.3 is 0 Å². The third kappa shape index (κ3) is 4.83. The summed E-state index contributed by atoms with van der Waals surface area (Å²) in [6.07, 6.45) is 2.46. The first-order valence-electron chi connectivity index (χ1n) is 9.68. The third-order valence-electron chi connectivity index (χ3n) is 4.75. The van der Waals surface area contributed by atoms with Crippen LogP contribution >= 0.6 is 11.6 Å². The molecular formula is C23H22ClN3O4. The van der Waals surface area contributed by atoms with E-state index in [0.29, 0.717) is 10.7 Å². The molecule has 1 atom stereocenters. The molecular weight excluding hydrogens is 418 g/mol. The van der Waals surface area contributed by atoms with Crippen LogP contribution in [0.25, 0.3) is 0 Å². The number of carbonyl (C=O) groups is 4. The quantitative estimate of drug-likeness (QED) is 0.449. The molecule has 1 fully saturated rings. The first-order chi connectivity index (χ1) is 14.7. The van der Waals surface area contributed by atoms with E-state index in [4.69, 9.17) is 11.6 Å². The van der Waals surface area contributed by atoms with Gasteiger partial charge in [0.1, 0.15) is 6.04 Å². The van der Waals surface area contributed by atoms with Crippen LogP contribution in [-0.2, 0) is 14.4 Å². The lowest BCUT2D eigenvalue weighted by Crippen LogP contribution is -2.54. The molecule has 0 unspecified atom stereocenters. The molecule has 0 spiro atoms. The first kappa shape index (κ1) is 22.2. The first-order valence-corrected chi connectivity index (χ1v) is 10.1. The Labute approximate surface area is 185 Å². The van der Waals surface area contributed by atoms with Gasteiger partial charge in [-0.15, -0.1) is 0 Å². The van der Waals surface area contributed by atoms with Crippen LogP contribution in [0, 0.1) is 13.8 Å². The van der Waals surface area contributed by atoms with E-state index in [1.165, 1.54) is 24.3 Å². The summed E-state index contributed by atoms with van der Waals surface area (Å²) >= 11 is 5.94. The predicted octanol–water partition coefficient (Wildman–Crippen LogP) is 3.34. The smallest absolute Gasteiger partial charge is 0.269 e. The Morgan fingerprint density at radius 3 is 2.42 bits per heavy atom. The number of allylic oxidation sites excluding steroid dienone is 1. The number of halogens is 1. The molecule has 0 bridgehead atoms. The number of carbonyl (C=O) groups excluding carboxylic acids is 4. The minimum atomic E-state index is -1.17. The second kappa shape index (κ2) is 9.14. The van der Waals surface area contributed by atoms with Crippen LogP contribution in [-0.4, -0.2) is 34.7 Å². The highest BCUT2D eigenvalue weighted by Gasteiger charge is 2.45. The Kier molecular flexibility index (Phi) is 6.56. The van der Waals surface area contributed by atoms with Crippen molar-refractivity contribution in [2.75, 3.05) is 4.90 Å². The fourth-order valence-electron chi connectivity index (χ4n) is 3.48. The molecule has 1 aliphatic rings. The molecule has 1 saturated heterocycles. The number of imide groups is 1. The molecule has 0 aromatic heterocycles. The molecule has 2 aromatic rings. The second-order valence-electron chi connectivity index (χ2n) is 7.29. The number of benzene rings is 2. The van der Waals surface area contributed by atoms with Crippen molar-refractivity contribution in [2.24, 2.45) is 0 Å². The zero-order valence-corrected chi connectivity index (χ0v) is 18.1. The summed E-state index contributed by atoms with van der Waals surface area (Å²) in [6.45, 7) is 5.37. The van der Waals surface area contributed by atoms with Gasteiger partial charge in [-0.05, 0) is 62.2 Å². The van der Waals surface area contributed by atoms with Crippen LogP contribution in [0.2, 0.25) is 5.02 Å². The number of hydrazine groups is 1. The molecule has 0 aliphatic carbocycles. The number of amides is 4. The zero-order chi connectivity index (χ0) is 22.7. The highest BCUT2D eigenvalue weighted by Crippen LogP contribution is 2.27. The van der Waals surface area contributed by atoms with Gasteiger partial charge in [0.05, 0.1) is 12.1 Å². The number of nitrogens with zero attached hydrogens (tertiary/aromatic N) is 2. The molecule has 7 nitrogen and oxygen atoms in total. The SMILES string of the molecule is C/C=C/C(=O)N(NC(=O)c1cccc(Cl)c1)[C@H]1CC(=O)N(c2cc(C)cc(C)c2)C1=O. The Morgan fingerprint density at radius 2 is 1.81 bits per heavy atom. The number of rotatable bonds is 4. The normalized spacial score (nSPS) is 16.1. The van der Waals surface area contributed by atoms with E-state index in [1.807, 2.05) is 19.9 Å². The summed E-state index contributed by atoms with van der Waals surface area (Å²) in [4.78, 5) is 52.3. The van der Waals surface area contributed by atoms with Gasteiger partial charge in [0, 0.05) is 16.7 Å². The van der Waals surface area contributed by atoms with Crippen molar-refractivity contribution in [2.45, 2.75) is 33.2 Å². The van der Waals surface area contributed by atoms with Crippen molar-refractivity contribution in [3.8, 4) is 0 Å². The van der Waals surface area contributed by atoms with Gasteiger partial charge < -0.3 is 0 Å². The van der Waals surface area contributed by atoms with Gasteiger partial charge in [0.15, 0.2) is 0 Å². The molecule has 160 valence electrons. The number of nitrogens with one attached hydrogen (secondary N) is 1. The highest BCUT2D eigenvalue weighted by molar-refractivity contribution is 6.31. The van der Waals surface area contributed by atoms with Crippen LogP contribution in [0.4, 0.5) is 5.69 Å². The average molecular weight is 440 g/mol. The fraction of sp³-hybridized carbons (Fsp3) is 0.217. The number of hydrogen-bond donors (Lipinski definition) is 1. The predicted molar refractivity (Wildman–Crippen MR) is 117 cm³/mol. The molecule has 1 N–H and O–H groups in total. The van der Waals surface area contributed by atoms with Crippen LogP contribution in [0.1, 0.15) is 34.8 Å². The second-order valence-corrected chi connectivity index (χ2v) is 7.73. The standard InChI is InChI=1S/C23H22ClN3O4/c1-4-6-20(28)27(25-22(30)16-7-5-8-17(24)12-16)19-13-21(29)26(23(19)31)18-10-14(2)9-15(3)11-18/h4-12,19H,13H2,1-3H3,(H,25,30)/b6-4+/t19-/m0/s1. The molecule has 4 amide bonds. The maximum Gasteiger partial charge on any atom is 0.269 e. The van der Waals surface area contributed by atoms with Crippen molar-refractivity contribution in [1.82, 2.24) is 10.4 Å². The molecule has 1 aliphatic heterocycles. The summed E-state index contributed by atoms with van der Waals surface area (Å²) in [5, 5.41) is 1.26. The van der Waals surface area contributed by atoms with Crippen LogP contribution < -0.4 is 10.3 Å². The Hall–Kier alpha value is -3.45. The van der Waals surface area contributed by atoms with E-state index in [0.717, 1.165) is 21.0 Å². The lowest BCUT2D eigenvalue weighted by molar-refractivity contribution is -0.137. The molecule has 0 saturated carbocycles. The Balaban J connectivity index is 1.92. The maximum absolute atomic E-state index is 13.2. The fourth-order valence-corrected chi connectivity index (χ4v) is 3.67. The summed E-state index contributed by atoms with van der Waals surface area (Å²) in [7, 11) is 0. The minimum absolute atomic E-state index is 0.216. The van der Waals surface area contributed by atoms with E-state index >= 15 is 0 Å². The van der Waals surface area contributed by atoms with Gasteiger partial charge in [-0.1, -0.05) is 29.8 Å². The van der Waals surface area contributed by atoms with E-state index in [9.17, 15) is 19.2 Å². The van der Waals surface area contributed by atoms with Crippen LogP contribution in [0.3, 0.4) is 0 Å². The average Bonchev–Trinajstić information content (AvgIpc) is 2.99. The molecule has 2 aromatic carbocycles. The molecule has 8 heteroatoms. The van der Waals surface area contributed by atoms with Gasteiger partial charge in [-0.2, -0.15) is 0 Å². The number of aryl methyl sites for hydroxylation is 2. The van der Waals surface area contributed by atoms with Gasteiger partial charge in [-0.3, -0.25) is 24.6 Å². The summed E-state index contributed by atoms with van der Waals surface area (Å²) in [6, 6.07) is 10.4. The van der Waals surface area contributed by atoms with Crippen molar-refractivity contribution in [3.63, 3.8) is 0 Å². The topological polar surface area (TPSA) is 86.8 Å². The van der Waals surface area contributed by atoms with Crippen molar-refractivity contribution in [1.29, 1.82) is 0 Å². The zero-order valence-electron chi connectivity index (χ0n) is 17.4. The number of hydrogen-bond acceptors (Lipinski definition) is 4. The lowest BCUT2D eigenvalue weighted by Gasteiger charge is -2.27. The van der Waals surface area contributed by atoms with E-state index in [2.05, 4.69) is 5.43 Å². The van der Waals surface area contributed by atoms with Gasteiger partial charge in [0.2, 0.25) is 5.91 Å². The molecule has 31 heavy (non-hydrogen) atoms. The van der Waals surface area contributed by atoms with E-state index < -0.39 is 29.7 Å². The monoisotopic (exact) mass is 439 g/mol. The van der Waals surface area contributed by atoms with Gasteiger partial charge in [0.25, 0.3) is 17.7 Å². The van der Waals surface area contributed by atoms with Crippen LogP contribution in [0.5, 0.6) is 0 Å². The van der Waals surface area contributed by atoms with Crippen molar-refractivity contribution < 1.29 is 19.2 Å². The maximum atomic E-state index is 13.2. The molecule has 3 rings (SSSR count). The van der Waals surface area contributed by atoms with Gasteiger partial charge in [-0.25, -0.2) is 9.91 Å². The Morgan fingerprint density at radius 1 is 1.13 bits per heavy atom. The summed E-state index contributed by atoms with van der Waals surface area (Å²) in [5.74, 6) is -2.27. The summed E-state index contributed by atoms with van der Waals surface area (Å²) < 4.78 is 0. The van der Waals surface area contributed by atoms with E-state index in [-0.39, 0.29) is 12.0 Å². The van der Waals surface area contributed by atoms with Crippen LogP contribution in [0.15, 0.2) is 54.6 Å². The van der Waals surface area contributed by atoms with Crippen molar-refractivity contribution >= 4 is 40.9 Å².